The first kappa shape index (κ1) is 13.7. The van der Waals surface area contributed by atoms with Crippen molar-refractivity contribution in [1.82, 2.24) is 10.4 Å². The van der Waals surface area contributed by atoms with Gasteiger partial charge in [-0.15, -0.1) is 0 Å². The lowest BCUT2D eigenvalue weighted by atomic mass is 10.4. The van der Waals surface area contributed by atoms with E-state index in [0.717, 1.165) is 6.42 Å². The zero-order chi connectivity index (χ0) is 9.98. The van der Waals surface area contributed by atoms with Crippen LogP contribution in [-0.4, -0.2) is 32.1 Å². The van der Waals surface area contributed by atoms with Crippen LogP contribution in [0.1, 0.15) is 13.3 Å². The number of rotatable bonds is 3. The van der Waals surface area contributed by atoms with Gasteiger partial charge in [-0.05, 0) is 13.5 Å². The molecule has 4 heteroatoms. The highest BCUT2D eigenvalue weighted by atomic mass is 16.2. The van der Waals surface area contributed by atoms with Crippen LogP contribution in [0.2, 0.25) is 0 Å². The predicted octanol–water partition coefficient (Wildman–Crippen LogP) is 0.120. The lowest BCUT2D eigenvalue weighted by Gasteiger charge is -2.11. The van der Waals surface area contributed by atoms with E-state index >= 15 is 0 Å². The number of nitrogens with zero attached hydrogens (tertiary/aromatic N) is 1. The van der Waals surface area contributed by atoms with Crippen molar-refractivity contribution in [2.24, 2.45) is 5.73 Å². The number of hydrogen-bond donors (Lipinski definition) is 2. The van der Waals surface area contributed by atoms with E-state index in [1.54, 1.807) is 20.2 Å². The molecule has 0 aliphatic carbocycles. The Balaban J connectivity index is 0. The van der Waals surface area contributed by atoms with Gasteiger partial charge in [0.2, 0.25) is 0 Å². The summed E-state index contributed by atoms with van der Waals surface area (Å²) in [6.45, 7) is 1.99. The quantitative estimate of drug-likeness (QED) is 0.471. The Morgan fingerprint density at radius 1 is 1.58 bits per heavy atom. The number of carbonyl (C=O) groups excluding carboxylic acids is 1. The molecule has 0 radical (unpaired) electrons. The molecule has 0 heterocycles. The molecule has 0 aliphatic rings. The Kier molecular flexibility index (Phi) is 11.6. The van der Waals surface area contributed by atoms with Crippen LogP contribution in [0.25, 0.3) is 0 Å². The third-order valence-electron chi connectivity index (χ3n) is 1.16. The van der Waals surface area contributed by atoms with Gasteiger partial charge in [0.15, 0.2) is 0 Å². The molecule has 3 N–H and O–H groups in total. The van der Waals surface area contributed by atoms with Crippen molar-refractivity contribution >= 4 is 5.91 Å². The van der Waals surface area contributed by atoms with Gasteiger partial charge in [-0.2, -0.15) is 0 Å². The molecule has 12 heavy (non-hydrogen) atoms. The number of amides is 1. The second-order valence-electron chi connectivity index (χ2n) is 1.93. The van der Waals surface area contributed by atoms with Crippen LogP contribution in [0.4, 0.5) is 0 Å². The second-order valence-corrected chi connectivity index (χ2v) is 1.93. The summed E-state index contributed by atoms with van der Waals surface area (Å²) in [7, 11) is 4.89. The zero-order valence-corrected chi connectivity index (χ0v) is 8.29. The molecule has 0 aromatic carbocycles. The van der Waals surface area contributed by atoms with Crippen molar-refractivity contribution in [1.29, 1.82) is 0 Å². The average molecular weight is 173 g/mol. The van der Waals surface area contributed by atoms with Gasteiger partial charge in [0.25, 0.3) is 5.91 Å². The van der Waals surface area contributed by atoms with E-state index in [-0.39, 0.29) is 5.91 Å². The number of allylic oxidation sites excluding steroid dienone is 1. The fourth-order valence-electron chi connectivity index (χ4n) is 0.441. The van der Waals surface area contributed by atoms with Crippen LogP contribution in [0.3, 0.4) is 0 Å². The first-order valence-electron chi connectivity index (χ1n) is 3.91. The molecule has 0 aliphatic heterocycles. The monoisotopic (exact) mass is 173 g/mol. The Bertz CT molecular complexity index is 134. The standard InChI is InChI=1S/C7H14N2O.CH5N/c1-4-5-6-7(10)9(3)8-2;1-2/h5-6,8H,4H2,1-3H3;2H2,1H3/b6-5-;. The van der Waals surface area contributed by atoms with Crippen LogP contribution in [0.15, 0.2) is 12.2 Å². The molecule has 0 unspecified atom stereocenters. The fraction of sp³-hybridized carbons (Fsp3) is 0.625. The van der Waals surface area contributed by atoms with Crippen molar-refractivity contribution in [3.05, 3.63) is 12.2 Å². The highest BCUT2D eigenvalue weighted by Gasteiger charge is 1.98. The number of hydrogen-bond acceptors (Lipinski definition) is 3. The number of likely N-dealkylation sites (N-methyl/N-ethyl adjacent to an activating group) is 1. The molecular formula is C8H19N3O. The summed E-state index contributed by atoms with van der Waals surface area (Å²) < 4.78 is 0. The third kappa shape index (κ3) is 7.24. The Morgan fingerprint density at radius 2 is 2.08 bits per heavy atom. The van der Waals surface area contributed by atoms with Gasteiger partial charge in [0.05, 0.1) is 0 Å². The van der Waals surface area contributed by atoms with Gasteiger partial charge in [-0.3, -0.25) is 9.80 Å². The van der Waals surface area contributed by atoms with Crippen LogP contribution in [0, 0.1) is 0 Å². The minimum absolute atomic E-state index is 0.0237. The zero-order valence-electron chi connectivity index (χ0n) is 8.29. The molecule has 0 rings (SSSR count). The van der Waals surface area contributed by atoms with Gasteiger partial charge in [0, 0.05) is 20.2 Å². The topological polar surface area (TPSA) is 58.4 Å². The fourth-order valence-corrected chi connectivity index (χ4v) is 0.441. The lowest BCUT2D eigenvalue weighted by molar-refractivity contribution is -0.127. The third-order valence-corrected chi connectivity index (χ3v) is 1.16. The molecule has 0 atom stereocenters. The van der Waals surface area contributed by atoms with Crippen LogP contribution >= 0.6 is 0 Å². The van der Waals surface area contributed by atoms with Crippen LogP contribution < -0.4 is 11.2 Å². The summed E-state index contributed by atoms with van der Waals surface area (Å²) in [5, 5.41) is 1.42. The number of hydrazine groups is 1. The van der Waals surface area contributed by atoms with Crippen molar-refractivity contribution < 1.29 is 4.79 Å². The molecule has 0 aromatic rings. The van der Waals surface area contributed by atoms with E-state index in [0.29, 0.717) is 0 Å². The van der Waals surface area contributed by atoms with E-state index in [2.05, 4.69) is 11.2 Å². The molecule has 0 saturated heterocycles. The number of carbonyl (C=O) groups is 1. The molecule has 0 fully saturated rings. The van der Waals surface area contributed by atoms with E-state index in [4.69, 9.17) is 0 Å². The van der Waals surface area contributed by atoms with E-state index in [1.807, 2.05) is 13.0 Å². The van der Waals surface area contributed by atoms with E-state index in [9.17, 15) is 4.79 Å². The number of nitrogens with one attached hydrogen (secondary N) is 1. The van der Waals surface area contributed by atoms with Gasteiger partial charge in [0.1, 0.15) is 0 Å². The minimum atomic E-state index is -0.0237. The smallest absolute Gasteiger partial charge is 0.260 e. The Hall–Kier alpha value is -0.870. The summed E-state index contributed by atoms with van der Waals surface area (Å²) in [6.07, 6.45) is 4.27. The van der Waals surface area contributed by atoms with Gasteiger partial charge in [-0.1, -0.05) is 13.0 Å². The summed E-state index contributed by atoms with van der Waals surface area (Å²) in [4.78, 5) is 10.9. The van der Waals surface area contributed by atoms with Crippen molar-refractivity contribution in [3.63, 3.8) is 0 Å². The van der Waals surface area contributed by atoms with Crippen molar-refractivity contribution in [2.75, 3.05) is 21.1 Å². The maximum atomic E-state index is 10.9. The second kappa shape index (κ2) is 10.1. The predicted molar refractivity (Wildman–Crippen MR) is 51.4 cm³/mol. The molecule has 0 spiro atoms. The van der Waals surface area contributed by atoms with Crippen LogP contribution in [0.5, 0.6) is 0 Å². The van der Waals surface area contributed by atoms with Crippen LogP contribution in [-0.2, 0) is 4.79 Å². The molecule has 0 aromatic heterocycles. The summed E-state index contributed by atoms with van der Waals surface area (Å²) in [6, 6.07) is 0. The van der Waals surface area contributed by atoms with Crippen molar-refractivity contribution in [3.8, 4) is 0 Å². The van der Waals surface area contributed by atoms with E-state index in [1.165, 1.54) is 12.1 Å². The first-order valence-corrected chi connectivity index (χ1v) is 3.91. The number of nitrogens with two attached hydrogens (primary N) is 1. The maximum absolute atomic E-state index is 10.9. The largest absolute Gasteiger partial charge is 0.333 e. The maximum Gasteiger partial charge on any atom is 0.260 e. The highest BCUT2D eigenvalue weighted by molar-refractivity contribution is 5.86. The molecule has 1 amide bonds. The van der Waals surface area contributed by atoms with E-state index < -0.39 is 0 Å². The highest BCUT2D eigenvalue weighted by Crippen LogP contribution is 1.83. The van der Waals surface area contributed by atoms with Gasteiger partial charge < -0.3 is 5.73 Å². The molecule has 0 bridgehead atoms. The normalized spacial score (nSPS) is 9.08. The van der Waals surface area contributed by atoms with Crippen molar-refractivity contribution in [2.45, 2.75) is 13.3 Å². The molecule has 0 saturated carbocycles. The average Bonchev–Trinajstić information content (AvgIpc) is 2.16. The Morgan fingerprint density at radius 3 is 2.42 bits per heavy atom. The Labute approximate surface area is 74.4 Å². The minimum Gasteiger partial charge on any atom is -0.333 e. The first-order chi connectivity index (χ1) is 5.72. The lowest BCUT2D eigenvalue weighted by Crippen LogP contribution is -2.35. The SMILES string of the molecule is CC/C=C\C(=O)N(C)NC.CN. The van der Waals surface area contributed by atoms with Gasteiger partial charge >= 0.3 is 0 Å². The molecule has 72 valence electrons. The molecular weight excluding hydrogens is 154 g/mol. The summed E-state index contributed by atoms with van der Waals surface area (Å²) >= 11 is 0. The summed E-state index contributed by atoms with van der Waals surface area (Å²) in [5.74, 6) is -0.0237. The van der Waals surface area contributed by atoms with Gasteiger partial charge in [-0.25, -0.2) is 5.43 Å². The summed E-state index contributed by atoms with van der Waals surface area (Å²) in [5.41, 5.74) is 7.21. The molecule has 4 nitrogen and oxygen atoms in total.